The average Bonchev–Trinajstić information content (AvgIpc) is 2.99. The molecule has 0 spiro atoms. The minimum atomic E-state index is 0.579. The minimum Gasteiger partial charge on any atom is -0.349 e. The summed E-state index contributed by atoms with van der Waals surface area (Å²) >= 11 is 3.36. The quantitative estimate of drug-likeness (QED) is 0.528. The number of nitrogens with zero attached hydrogens (tertiary/aromatic N) is 4. The molecule has 0 bridgehead atoms. The molecule has 0 saturated carbocycles. The van der Waals surface area contributed by atoms with Crippen LogP contribution in [0.1, 0.15) is 16.8 Å². The molecule has 0 radical (unpaired) electrons. The van der Waals surface area contributed by atoms with E-state index in [4.69, 9.17) is 4.98 Å². The van der Waals surface area contributed by atoms with Gasteiger partial charge < -0.3 is 9.72 Å². The van der Waals surface area contributed by atoms with E-state index >= 15 is 0 Å². The van der Waals surface area contributed by atoms with Gasteiger partial charge in [0.05, 0.1) is 22.4 Å². The first kappa shape index (κ1) is 16.7. The Balaban J connectivity index is 1.76. The lowest BCUT2D eigenvalue weighted by Gasteiger charge is -2.08. The van der Waals surface area contributed by atoms with Crippen molar-refractivity contribution in [3.8, 4) is 11.3 Å². The maximum Gasteiger partial charge on any atom is 0.222 e. The minimum absolute atomic E-state index is 0.579. The number of aromatic nitrogens is 4. The van der Waals surface area contributed by atoms with Crippen molar-refractivity contribution in [1.29, 1.82) is 0 Å². The summed E-state index contributed by atoms with van der Waals surface area (Å²) < 4.78 is 2.99. The Bertz CT molecular complexity index is 1050. The molecule has 26 heavy (non-hydrogen) atoms. The maximum atomic E-state index is 4.85. The third kappa shape index (κ3) is 3.32. The summed E-state index contributed by atoms with van der Waals surface area (Å²) in [7, 11) is 0. The summed E-state index contributed by atoms with van der Waals surface area (Å²) in [4.78, 5) is 13.4. The maximum absolute atomic E-state index is 4.85. The van der Waals surface area contributed by atoms with Gasteiger partial charge in [0.25, 0.3) is 0 Å². The first-order valence-electron chi connectivity index (χ1n) is 8.36. The highest BCUT2D eigenvalue weighted by atomic mass is 79.9. The van der Waals surface area contributed by atoms with Crippen LogP contribution in [0.25, 0.3) is 16.9 Å². The Morgan fingerprint density at radius 1 is 0.962 bits per heavy atom. The second-order valence-electron chi connectivity index (χ2n) is 6.29. The lowest BCUT2D eigenvalue weighted by molar-refractivity contribution is 0.970. The van der Waals surface area contributed by atoms with Crippen LogP contribution in [0.15, 0.2) is 59.5 Å². The van der Waals surface area contributed by atoms with E-state index in [2.05, 4.69) is 86.0 Å². The molecule has 0 amide bonds. The van der Waals surface area contributed by atoms with Gasteiger partial charge in [-0.25, -0.2) is 15.0 Å². The van der Waals surface area contributed by atoms with Crippen molar-refractivity contribution in [2.45, 2.75) is 20.4 Å². The van der Waals surface area contributed by atoms with E-state index in [0.717, 1.165) is 27.1 Å². The van der Waals surface area contributed by atoms with Crippen LogP contribution < -0.4 is 5.32 Å². The van der Waals surface area contributed by atoms with Crippen LogP contribution in [-0.4, -0.2) is 19.4 Å². The number of pyridine rings is 1. The van der Waals surface area contributed by atoms with Gasteiger partial charge in [-0.2, -0.15) is 0 Å². The molecule has 6 heteroatoms. The van der Waals surface area contributed by atoms with Crippen LogP contribution in [-0.2, 0) is 6.54 Å². The predicted molar refractivity (Wildman–Crippen MR) is 107 cm³/mol. The summed E-state index contributed by atoms with van der Waals surface area (Å²) in [5.74, 6) is 0.589. The van der Waals surface area contributed by atoms with Gasteiger partial charge in [0.15, 0.2) is 0 Å². The van der Waals surface area contributed by atoms with Crippen molar-refractivity contribution >= 4 is 27.5 Å². The van der Waals surface area contributed by atoms with Gasteiger partial charge >= 0.3 is 0 Å². The van der Waals surface area contributed by atoms with Crippen molar-refractivity contribution < 1.29 is 0 Å². The van der Waals surface area contributed by atoms with Crippen LogP contribution >= 0.6 is 15.9 Å². The normalized spacial score (nSPS) is 11.0. The molecule has 0 unspecified atom stereocenters. The summed E-state index contributed by atoms with van der Waals surface area (Å²) in [6.07, 6.45) is 5.57. The van der Waals surface area contributed by atoms with Gasteiger partial charge in [-0.1, -0.05) is 35.9 Å². The van der Waals surface area contributed by atoms with Gasteiger partial charge in [-0.3, -0.25) is 0 Å². The van der Waals surface area contributed by atoms with Crippen molar-refractivity contribution in [3.05, 3.63) is 76.3 Å². The van der Waals surface area contributed by atoms with E-state index in [1.54, 1.807) is 12.4 Å². The highest BCUT2D eigenvalue weighted by molar-refractivity contribution is 9.10. The molecule has 0 fully saturated rings. The Hall–Kier alpha value is -2.73. The van der Waals surface area contributed by atoms with Gasteiger partial charge in [0.2, 0.25) is 5.95 Å². The lowest BCUT2D eigenvalue weighted by Crippen LogP contribution is -2.07. The third-order valence-electron chi connectivity index (χ3n) is 4.22. The molecule has 3 aromatic heterocycles. The first-order valence-corrected chi connectivity index (χ1v) is 9.15. The fourth-order valence-corrected chi connectivity index (χ4v) is 3.08. The smallest absolute Gasteiger partial charge is 0.222 e. The van der Waals surface area contributed by atoms with Gasteiger partial charge in [-0.15, -0.1) is 0 Å². The molecule has 0 atom stereocenters. The zero-order chi connectivity index (χ0) is 18.1. The number of rotatable bonds is 4. The fourth-order valence-electron chi connectivity index (χ4n) is 2.88. The molecular weight excluding hydrogens is 390 g/mol. The van der Waals surface area contributed by atoms with E-state index < -0.39 is 0 Å². The summed E-state index contributed by atoms with van der Waals surface area (Å²) in [5.41, 5.74) is 6.51. The number of hydrogen-bond acceptors (Lipinski definition) is 4. The van der Waals surface area contributed by atoms with Crippen LogP contribution in [0, 0.1) is 13.8 Å². The number of imidazole rings is 1. The zero-order valence-corrected chi connectivity index (χ0v) is 16.2. The fraction of sp³-hybridized carbons (Fsp3) is 0.150. The second-order valence-corrected chi connectivity index (χ2v) is 7.20. The molecule has 0 aliphatic heterocycles. The van der Waals surface area contributed by atoms with Gasteiger partial charge in [0.1, 0.15) is 5.65 Å². The highest BCUT2D eigenvalue weighted by Gasteiger charge is 2.14. The Morgan fingerprint density at radius 2 is 1.65 bits per heavy atom. The third-order valence-corrected chi connectivity index (χ3v) is 4.63. The summed E-state index contributed by atoms with van der Waals surface area (Å²) in [6, 6.07) is 12.6. The van der Waals surface area contributed by atoms with E-state index in [1.165, 1.54) is 11.1 Å². The van der Waals surface area contributed by atoms with Crippen LogP contribution in [0.5, 0.6) is 0 Å². The van der Waals surface area contributed by atoms with Crippen molar-refractivity contribution in [1.82, 2.24) is 19.4 Å². The van der Waals surface area contributed by atoms with E-state index in [9.17, 15) is 0 Å². The van der Waals surface area contributed by atoms with Crippen molar-refractivity contribution in [3.63, 3.8) is 0 Å². The zero-order valence-electron chi connectivity index (χ0n) is 14.6. The van der Waals surface area contributed by atoms with Crippen LogP contribution in [0.4, 0.5) is 5.95 Å². The second kappa shape index (κ2) is 6.88. The molecule has 0 aliphatic rings. The standard InChI is InChI=1S/C20H18BrN5/c1-13-3-6-15(7-4-13)19-17(11-24-20-22-9-16(21)10-23-20)26-12-14(2)5-8-18(26)25-19/h3-10,12H,11H2,1-2H3,(H,22,23,24). The number of hydrogen-bond donors (Lipinski definition) is 1. The molecule has 4 aromatic rings. The average molecular weight is 408 g/mol. The Kier molecular flexibility index (Phi) is 4.42. The first-order chi connectivity index (χ1) is 12.6. The molecule has 0 aliphatic carbocycles. The summed E-state index contributed by atoms with van der Waals surface area (Å²) in [5, 5.41) is 3.30. The monoisotopic (exact) mass is 407 g/mol. The summed E-state index contributed by atoms with van der Waals surface area (Å²) in [6.45, 7) is 4.75. The number of anilines is 1. The molecule has 1 aromatic carbocycles. The number of halogens is 1. The Labute approximate surface area is 160 Å². The Morgan fingerprint density at radius 3 is 2.38 bits per heavy atom. The number of fused-ring (bicyclic) bond motifs is 1. The van der Waals surface area contributed by atoms with Crippen molar-refractivity contribution in [2.24, 2.45) is 0 Å². The number of benzene rings is 1. The predicted octanol–water partition coefficient (Wildman–Crippen LogP) is 4.78. The SMILES string of the molecule is Cc1ccc(-c2nc3ccc(C)cn3c2CNc2ncc(Br)cn2)cc1. The van der Waals surface area contributed by atoms with Gasteiger partial charge in [0, 0.05) is 24.2 Å². The topological polar surface area (TPSA) is 55.1 Å². The van der Waals surface area contributed by atoms with Crippen molar-refractivity contribution in [2.75, 3.05) is 5.32 Å². The molecule has 1 N–H and O–H groups in total. The number of aryl methyl sites for hydroxylation is 2. The molecule has 130 valence electrons. The largest absolute Gasteiger partial charge is 0.349 e. The molecule has 4 rings (SSSR count). The van der Waals surface area contributed by atoms with Crippen LogP contribution in [0.2, 0.25) is 0 Å². The van der Waals surface area contributed by atoms with Gasteiger partial charge in [-0.05, 0) is 41.4 Å². The van der Waals surface area contributed by atoms with Crippen LogP contribution in [0.3, 0.4) is 0 Å². The molecule has 5 nitrogen and oxygen atoms in total. The molecule has 0 saturated heterocycles. The molecule has 3 heterocycles. The highest BCUT2D eigenvalue weighted by Crippen LogP contribution is 2.26. The van der Waals surface area contributed by atoms with E-state index in [-0.39, 0.29) is 0 Å². The number of nitrogens with one attached hydrogen (secondary N) is 1. The molecular formula is C20H18BrN5. The van der Waals surface area contributed by atoms with E-state index in [0.29, 0.717) is 12.5 Å². The lowest BCUT2D eigenvalue weighted by atomic mass is 10.1. The van der Waals surface area contributed by atoms with E-state index in [1.807, 2.05) is 6.07 Å².